The molecular weight excluding hydrogens is 390 g/mol. The van der Waals surface area contributed by atoms with Crippen LogP contribution < -0.4 is 9.80 Å². The van der Waals surface area contributed by atoms with Gasteiger partial charge in [0.25, 0.3) is 0 Å². The molecule has 160 valence electrons. The highest BCUT2D eigenvalue weighted by atomic mass is 16.5. The molecule has 2 atom stereocenters. The van der Waals surface area contributed by atoms with Gasteiger partial charge in [0.2, 0.25) is 5.78 Å². The maximum absolute atomic E-state index is 12.9. The zero-order valence-corrected chi connectivity index (χ0v) is 18.3. The molecule has 2 aromatic rings. The predicted octanol–water partition coefficient (Wildman–Crippen LogP) is 4.25. The summed E-state index contributed by atoms with van der Waals surface area (Å²) in [4.78, 5) is 29.4. The number of benzene rings is 2. The summed E-state index contributed by atoms with van der Waals surface area (Å²) in [6, 6.07) is 19.1. The van der Waals surface area contributed by atoms with E-state index in [1.165, 1.54) is 0 Å². The van der Waals surface area contributed by atoms with Gasteiger partial charge < -0.3 is 14.5 Å². The van der Waals surface area contributed by atoms with Gasteiger partial charge in [-0.1, -0.05) is 62.7 Å². The number of anilines is 2. The van der Waals surface area contributed by atoms with Crippen molar-refractivity contribution < 1.29 is 14.3 Å². The minimum Gasteiger partial charge on any atom is -0.457 e. The Morgan fingerprint density at radius 2 is 1.55 bits per heavy atom. The van der Waals surface area contributed by atoms with E-state index in [0.717, 1.165) is 23.4 Å². The minimum absolute atomic E-state index is 0.0335. The fourth-order valence-electron chi connectivity index (χ4n) is 3.95. The lowest BCUT2D eigenvalue weighted by Gasteiger charge is -2.22. The van der Waals surface area contributed by atoms with Crippen molar-refractivity contribution in [3.05, 3.63) is 71.6 Å². The second-order valence-corrected chi connectivity index (χ2v) is 7.72. The number of hydrogen-bond donors (Lipinski definition) is 0. The summed E-state index contributed by atoms with van der Waals surface area (Å²) in [6.45, 7) is 3.53. The van der Waals surface area contributed by atoms with Gasteiger partial charge in [0, 0.05) is 14.1 Å². The fourth-order valence-corrected chi connectivity index (χ4v) is 3.95. The number of esters is 1. The topological polar surface area (TPSA) is 73.6 Å². The fraction of sp³-hybridized carbons (Fsp3) is 0.320. The molecule has 6 heteroatoms. The van der Waals surface area contributed by atoms with Crippen LogP contribution in [0.5, 0.6) is 0 Å². The van der Waals surface area contributed by atoms with Crippen LogP contribution in [0, 0.1) is 17.2 Å². The molecule has 2 unspecified atom stereocenters. The molecule has 0 N–H and O–H groups in total. The largest absolute Gasteiger partial charge is 0.457 e. The first kappa shape index (κ1) is 22.1. The van der Waals surface area contributed by atoms with Crippen molar-refractivity contribution in [1.82, 2.24) is 0 Å². The summed E-state index contributed by atoms with van der Waals surface area (Å²) in [5.41, 5.74) is 2.63. The Kier molecular flexibility index (Phi) is 6.76. The van der Waals surface area contributed by atoms with Gasteiger partial charge in [-0.2, -0.15) is 5.26 Å². The van der Waals surface area contributed by atoms with Crippen LogP contribution in [0.15, 0.2) is 66.0 Å². The van der Waals surface area contributed by atoms with Gasteiger partial charge in [0.1, 0.15) is 17.5 Å². The number of ketones is 1. The van der Waals surface area contributed by atoms with E-state index in [1.807, 2.05) is 88.6 Å². The molecule has 0 amide bonds. The highest BCUT2D eigenvalue weighted by Gasteiger charge is 2.32. The Morgan fingerprint density at radius 3 is 2.06 bits per heavy atom. The quantitative estimate of drug-likeness (QED) is 0.381. The van der Waals surface area contributed by atoms with Crippen LogP contribution in [0.1, 0.15) is 31.7 Å². The Hall–Kier alpha value is -3.59. The molecule has 31 heavy (non-hydrogen) atoms. The second kappa shape index (κ2) is 9.48. The van der Waals surface area contributed by atoms with Crippen LogP contribution in [0.3, 0.4) is 0 Å². The maximum atomic E-state index is 12.9. The second-order valence-electron chi connectivity index (χ2n) is 7.72. The Bertz CT molecular complexity index is 1010. The normalized spacial score (nSPS) is 14.5. The first-order valence-electron chi connectivity index (χ1n) is 10.4. The zero-order valence-electron chi connectivity index (χ0n) is 18.3. The maximum Gasteiger partial charge on any atom is 0.314 e. The van der Waals surface area contributed by atoms with Gasteiger partial charge in [-0.25, -0.2) is 0 Å². The van der Waals surface area contributed by atoms with Crippen molar-refractivity contribution >= 4 is 23.1 Å². The lowest BCUT2D eigenvalue weighted by Crippen LogP contribution is -2.29. The van der Waals surface area contributed by atoms with E-state index in [1.54, 1.807) is 9.80 Å². The third-order valence-corrected chi connectivity index (χ3v) is 5.83. The Morgan fingerprint density at radius 1 is 1.00 bits per heavy atom. The van der Waals surface area contributed by atoms with E-state index in [2.05, 4.69) is 0 Å². The third-order valence-electron chi connectivity index (χ3n) is 5.83. The molecule has 1 heterocycles. The molecule has 0 bridgehead atoms. The summed E-state index contributed by atoms with van der Waals surface area (Å²) < 4.78 is 5.42. The predicted molar refractivity (Wildman–Crippen MR) is 120 cm³/mol. The van der Waals surface area contributed by atoms with Gasteiger partial charge in [-0.05, 0) is 23.6 Å². The smallest absolute Gasteiger partial charge is 0.314 e. The molecule has 0 spiro atoms. The summed E-state index contributed by atoms with van der Waals surface area (Å²) in [7, 11) is 3.62. The molecule has 2 aromatic carbocycles. The van der Waals surface area contributed by atoms with Crippen molar-refractivity contribution in [3.63, 3.8) is 0 Å². The minimum atomic E-state index is -0.520. The van der Waals surface area contributed by atoms with Crippen molar-refractivity contribution in [2.75, 3.05) is 30.5 Å². The zero-order chi connectivity index (χ0) is 22.5. The van der Waals surface area contributed by atoms with E-state index in [-0.39, 0.29) is 11.5 Å². The number of Topliss-reactive ketones (excluding diaryl/α,β-unsaturated/α-hetero) is 1. The molecule has 1 aliphatic heterocycles. The molecule has 0 saturated carbocycles. The summed E-state index contributed by atoms with van der Waals surface area (Å²) in [6.07, 6.45) is 0.796. The molecule has 6 nitrogen and oxygen atoms in total. The SMILES string of the molecule is CCC(C)C(C(=O)OCC(=O)C(C#N)=C1N(C)c2ccccc2N1C)c1ccccc1. The first-order valence-corrected chi connectivity index (χ1v) is 10.4. The van der Waals surface area contributed by atoms with Crippen LogP contribution in [-0.4, -0.2) is 32.5 Å². The number of ether oxygens (including phenoxy) is 1. The third kappa shape index (κ3) is 4.31. The Balaban J connectivity index is 1.80. The number of carbonyl (C=O) groups is 2. The van der Waals surface area contributed by atoms with Gasteiger partial charge in [0.05, 0.1) is 17.3 Å². The lowest BCUT2D eigenvalue weighted by atomic mass is 9.85. The molecule has 3 rings (SSSR count). The molecule has 0 saturated heterocycles. The highest BCUT2D eigenvalue weighted by molar-refractivity contribution is 6.04. The average molecular weight is 418 g/mol. The van der Waals surface area contributed by atoms with E-state index in [4.69, 9.17) is 4.74 Å². The van der Waals surface area contributed by atoms with Crippen molar-refractivity contribution in [1.29, 1.82) is 5.26 Å². The number of fused-ring (bicyclic) bond motifs is 1. The first-order chi connectivity index (χ1) is 14.9. The van der Waals surface area contributed by atoms with E-state index >= 15 is 0 Å². The molecule has 0 aromatic heterocycles. The number of carbonyl (C=O) groups excluding carboxylic acids is 2. The summed E-state index contributed by atoms with van der Waals surface area (Å²) in [5.74, 6) is -0.897. The summed E-state index contributed by atoms with van der Waals surface area (Å²) >= 11 is 0. The van der Waals surface area contributed by atoms with Crippen LogP contribution in [0.4, 0.5) is 11.4 Å². The van der Waals surface area contributed by atoms with E-state index < -0.39 is 24.3 Å². The number of nitrogens with zero attached hydrogens (tertiary/aromatic N) is 3. The van der Waals surface area contributed by atoms with Crippen molar-refractivity contribution in [2.24, 2.45) is 5.92 Å². The highest BCUT2D eigenvalue weighted by Crippen LogP contribution is 2.40. The lowest BCUT2D eigenvalue weighted by molar-refractivity contribution is -0.149. The monoisotopic (exact) mass is 417 g/mol. The van der Waals surface area contributed by atoms with Crippen molar-refractivity contribution in [3.8, 4) is 6.07 Å². The summed E-state index contributed by atoms with van der Waals surface area (Å²) in [5, 5.41) is 9.73. The van der Waals surface area contributed by atoms with Gasteiger partial charge >= 0.3 is 5.97 Å². The van der Waals surface area contributed by atoms with Gasteiger partial charge in [-0.3, -0.25) is 9.59 Å². The molecule has 0 aliphatic carbocycles. The van der Waals surface area contributed by atoms with Gasteiger partial charge in [0.15, 0.2) is 6.61 Å². The average Bonchev–Trinajstić information content (AvgIpc) is 3.04. The van der Waals surface area contributed by atoms with E-state index in [9.17, 15) is 14.9 Å². The standard InChI is InChI=1S/C25H27N3O3/c1-5-17(2)23(18-11-7-6-8-12-18)25(30)31-16-22(29)19(15-26)24-27(3)20-13-9-10-14-21(20)28(24)4/h6-14,17,23H,5,16H2,1-4H3. The molecule has 0 fully saturated rings. The van der Waals surface area contributed by atoms with Gasteiger partial charge in [-0.15, -0.1) is 0 Å². The number of para-hydroxylation sites is 2. The molecular formula is C25H27N3O3. The Labute approximate surface area is 183 Å². The van der Waals surface area contributed by atoms with Crippen LogP contribution >= 0.6 is 0 Å². The van der Waals surface area contributed by atoms with Crippen LogP contribution in [0.2, 0.25) is 0 Å². The number of nitriles is 1. The number of rotatable bonds is 7. The van der Waals surface area contributed by atoms with Crippen molar-refractivity contribution in [2.45, 2.75) is 26.2 Å². The number of hydrogen-bond acceptors (Lipinski definition) is 6. The molecule has 1 aliphatic rings. The van der Waals surface area contributed by atoms with E-state index in [0.29, 0.717) is 5.82 Å². The van der Waals surface area contributed by atoms with Crippen LogP contribution in [0.25, 0.3) is 0 Å². The van der Waals surface area contributed by atoms with Crippen LogP contribution in [-0.2, 0) is 14.3 Å². The molecule has 0 radical (unpaired) electrons.